The summed E-state index contributed by atoms with van der Waals surface area (Å²) >= 11 is 0. The third-order valence-electron chi connectivity index (χ3n) is 3.83. The molecule has 0 unspecified atom stereocenters. The number of aliphatic hydroxyl groups is 1. The quantitative estimate of drug-likeness (QED) is 0.847. The molecule has 2 rings (SSSR count). The molecule has 0 saturated heterocycles. The molecular weight excluding hydrogens is 345 g/mol. The lowest BCUT2D eigenvalue weighted by molar-refractivity contribution is 0.299. The monoisotopic (exact) mass is 367 g/mol. The highest BCUT2D eigenvalue weighted by molar-refractivity contribution is 7.92. The molecule has 8 heteroatoms. The largest absolute Gasteiger partial charge is 0.396 e. The van der Waals surface area contributed by atoms with Crippen LogP contribution in [0.15, 0.2) is 24.3 Å². The Morgan fingerprint density at radius 2 is 1.80 bits per heavy atom. The van der Waals surface area contributed by atoms with E-state index in [0.717, 1.165) is 16.1 Å². The number of benzene rings is 1. The van der Waals surface area contributed by atoms with Gasteiger partial charge in [-0.1, -0.05) is 13.8 Å². The van der Waals surface area contributed by atoms with E-state index in [2.05, 4.69) is 9.97 Å². The molecule has 1 aromatic heterocycles. The first-order valence-corrected chi connectivity index (χ1v) is 9.71. The van der Waals surface area contributed by atoms with Gasteiger partial charge in [-0.2, -0.15) is 0 Å². The van der Waals surface area contributed by atoms with Crippen molar-refractivity contribution in [3.05, 3.63) is 41.3 Å². The second kappa shape index (κ2) is 7.45. The summed E-state index contributed by atoms with van der Waals surface area (Å²) in [6.45, 7) is 3.77. The van der Waals surface area contributed by atoms with Crippen LogP contribution in [0.25, 0.3) is 11.3 Å². The van der Waals surface area contributed by atoms with Crippen LogP contribution in [0.5, 0.6) is 0 Å². The van der Waals surface area contributed by atoms with E-state index in [1.807, 2.05) is 13.8 Å². The lowest BCUT2D eigenvalue weighted by atomic mass is 9.96. The van der Waals surface area contributed by atoms with Gasteiger partial charge in [0.2, 0.25) is 16.0 Å². The minimum atomic E-state index is -3.53. The van der Waals surface area contributed by atoms with Gasteiger partial charge in [0.05, 0.1) is 17.6 Å². The van der Waals surface area contributed by atoms with E-state index < -0.39 is 10.0 Å². The van der Waals surface area contributed by atoms with Crippen molar-refractivity contribution in [3.8, 4) is 11.3 Å². The van der Waals surface area contributed by atoms with Gasteiger partial charge in [-0.3, -0.25) is 0 Å². The summed E-state index contributed by atoms with van der Waals surface area (Å²) in [6.07, 6.45) is 1.40. The molecule has 136 valence electrons. The number of hydrogen-bond acceptors (Lipinski definition) is 5. The van der Waals surface area contributed by atoms with Crippen LogP contribution in [-0.2, 0) is 16.4 Å². The van der Waals surface area contributed by atoms with Crippen molar-refractivity contribution in [3.63, 3.8) is 0 Å². The minimum absolute atomic E-state index is 0.00421. The molecule has 0 aliphatic carbocycles. The van der Waals surface area contributed by atoms with Crippen LogP contribution in [0.2, 0.25) is 0 Å². The number of hydrogen-bond donors (Lipinski definition) is 1. The Kier molecular flexibility index (Phi) is 5.74. The van der Waals surface area contributed by atoms with Crippen molar-refractivity contribution in [2.45, 2.75) is 26.2 Å². The summed E-state index contributed by atoms with van der Waals surface area (Å²) < 4.78 is 38.0. The standard InChI is InChI=1S/C17H22FN3O3S/c1-11(2)15-14(9-10-22)16(12-5-7-13(18)8-6-12)20-17(19-15)21(3)25(4,23)24/h5-8,11,22H,9-10H2,1-4H3. The molecule has 0 bridgehead atoms. The maximum absolute atomic E-state index is 13.3. The van der Waals surface area contributed by atoms with E-state index in [9.17, 15) is 17.9 Å². The molecule has 0 fully saturated rings. The van der Waals surface area contributed by atoms with Gasteiger partial charge in [-0.05, 0) is 36.6 Å². The number of aliphatic hydroxyl groups excluding tert-OH is 1. The fourth-order valence-corrected chi connectivity index (χ4v) is 2.84. The zero-order valence-electron chi connectivity index (χ0n) is 14.7. The van der Waals surface area contributed by atoms with Crippen molar-refractivity contribution in [2.75, 3.05) is 24.2 Å². The molecule has 2 aromatic rings. The van der Waals surface area contributed by atoms with Crippen molar-refractivity contribution >= 4 is 16.0 Å². The van der Waals surface area contributed by atoms with E-state index in [1.165, 1.54) is 19.2 Å². The number of sulfonamides is 1. The van der Waals surface area contributed by atoms with Crippen LogP contribution in [-0.4, -0.2) is 43.4 Å². The van der Waals surface area contributed by atoms with E-state index in [1.54, 1.807) is 12.1 Å². The Labute approximate surface area is 147 Å². The highest BCUT2D eigenvalue weighted by atomic mass is 32.2. The zero-order chi connectivity index (χ0) is 18.8. The third-order valence-corrected chi connectivity index (χ3v) is 4.99. The molecular formula is C17H22FN3O3S. The van der Waals surface area contributed by atoms with Crippen LogP contribution < -0.4 is 4.31 Å². The van der Waals surface area contributed by atoms with Crippen LogP contribution in [0.3, 0.4) is 0 Å². The van der Waals surface area contributed by atoms with Crippen LogP contribution in [0.4, 0.5) is 10.3 Å². The predicted octanol–water partition coefficient (Wildman–Crippen LogP) is 2.34. The van der Waals surface area contributed by atoms with Crippen molar-refractivity contribution in [1.82, 2.24) is 9.97 Å². The molecule has 0 saturated carbocycles. The van der Waals surface area contributed by atoms with E-state index in [4.69, 9.17) is 0 Å². The Balaban J connectivity index is 2.76. The van der Waals surface area contributed by atoms with Crippen molar-refractivity contribution < 1.29 is 17.9 Å². The summed E-state index contributed by atoms with van der Waals surface area (Å²) in [5.74, 6) is -0.332. The lowest BCUT2D eigenvalue weighted by Gasteiger charge is -2.21. The van der Waals surface area contributed by atoms with Crippen molar-refractivity contribution in [1.29, 1.82) is 0 Å². The Morgan fingerprint density at radius 3 is 2.28 bits per heavy atom. The Bertz CT molecular complexity index is 852. The van der Waals surface area contributed by atoms with Gasteiger partial charge >= 0.3 is 0 Å². The minimum Gasteiger partial charge on any atom is -0.396 e. The lowest BCUT2D eigenvalue weighted by Crippen LogP contribution is -2.28. The highest BCUT2D eigenvalue weighted by Crippen LogP contribution is 2.30. The average molecular weight is 367 g/mol. The smallest absolute Gasteiger partial charge is 0.239 e. The topological polar surface area (TPSA) is 83.4 Å². The molecule has 0 atom stereocenters. The molecule has 1 heterocycles. The molecule has 25 heavy (non-hydrogen) atoms. The maximum Gasteiger partial charge on any atom is 0.239 e. The molecule has 1 aromatic carbocycles. The van der Waals surface area contributed by atoms with Crippen LogP contribution >= 0.6 is 0 Å². The van der Waals surface area contributed by atoms with Gasteiger partial charge in [0.25, 0.3) is 0 Å². The first-order chi connectivity index (χ1) is 11.6. The molecule has 1 N–H and O–H groups in total. The van der Waals surface area contributed by atoms with Gasteiger partial charge < -0.3 is 5.11 Å². The van der Waals surface area contributed by atoms with Crippen LogP contribution in [0.1, 0.15) is 31.0 Å². The molecule has 0 radical (unpaired) electrons. The van der Waals surface area contributed by atoms with Gasteiger partial charge in [-0.15, -0.1) is 0 Å². The molecule has 0 aliphatic heterocycles. The van der Waals surface area contributed by atoms with E-state index >= 15 is 0 Å². The maximum atomic E-state index is 13.3. The normalized spacial score (nSPS) is 11.8. The summed E-state index contributed by atoms with van der Waals surface area (Å²) in [5, 5.41) is 9.43. The summed E-state index contributed by atoms with van der Waals surface area (Å²) in [7, 11) is -2.15. The number of nitrogens with zero attached hydrogens (tertiary/aromatic N) is 3. The highest BCUT2D eigenvalue weighted by Gasteiger charge is 2.22. The SMILES string of the molecule is CC(C)c1nc(N(C)S(C)(=O)=O)nc(-c2ccc(F)cc2)c1CCO. The molecule has 6 nitrogen and oxygen atoms in total. The first-order valence-electron chi connectivity index (χ1n) is 7.86. The molecule has 0 amide bonds. The summed E-state index contributed by atoms with van der Waals surface area (Å²) in [6, 6.07) is 5.78. The Morgan fingerprint density at radius 1 is 1.20 bits per heavy atom. The number of anilines is 1. The second-order valence-corrected chi connectivity index (χ2v) is 8.12. The van der Waals surface area contributed by atoms with E-state index in [0.29, 0.717) is 23.4 Å². The summed E-state index contributed by atoms with van der Waals surface area (Å²) in [5.41, 5.74) is 2.53. The third kappa shape index (κ3) is 4.32. The average Bonchev–Trinajstić information content (AvgIpc) is 2.54. The predicted molar refractivity (Wildman–Crippen MR) is 95.6 cm³/mol. The fourth-order valence-electron chi connectivity index (χ4n) is 2.46. The number of halogens is 1. The number of rotatable bonds is 6. The second-order valence-electron chi connectivity index (χ2n) is 6.10. The number of aromatic nitrogens is 2. The van der Waals surface area contributed by atoms with E-state index in [-0.39, 0.29) is 24.3 Å². The first kappa shape index (κ1) is 19.3. The summed E-state index contributed by atoms with van der Waals surface area (Å²) in [4.78, 5) is 8.81. The van der Waals surface area contributed by atoms with Crippen molar-refractivity contribution in [2.24, 2.45) is 0 Å². The fraction of sp³-hybridized carbons (Fsp3) is 0.412. The Hall–Kier alpha value is -2.06. The van der Waals surface area contributed by atoms with Gasteiger partial charge in [0.15, 0.2) is 0 Å². The van der Waals surface area contributed by atoms with Gasteiger partial charge in [0, 0.05) is 24.8 Å². The van der Waals surface area contributed by atoms with Gasteiger partial charge in [0.1, 0.15) is 5.82 Å². The van der Waals surface area contributed by atoms with Gasteiger partial charge in [-0.25, -0.2) is 27.1 Å². The molecule has 0 aliphatic rings. The molecule has 0 spiro atoms. The zero-order valence-corrected chi connectivity index (χ0v) is 15.5. The van der Waals surface area contributed by atoms with Crippen LogP contribution in [0, 0.1) is 5.82 Å².